The second kappa shape index (κ2) is 6.47. The highest BCUT2D eigenvalue weighted by molar-refractivity contribution is 5.77. The van der Waals surface area contributed by atoms with Crippen LogP contribution in [-0.2, 0) is 24.5 Å². The van der Waals surface area contributed by atoms with E-state index >= 15 is 0 Å². The number of aliphatic hydroxyl groups is 2. The smallest absolute Gasteiger partial charge is 0.345 e. The van der Waals surface area contributed by atoms with Gasteiger partial charge in [-0.05, 0) is 5.56 Å². The van der Waals surface area contributed by atoms with Crippen molar-refractivity contribution in [1.82, 2.24) is 19.7 Å². The van der Waals surface area contributed by atoms with Crippen molar-refractivity contribution in [3.63, 3.8) is 0 Å². The van der Waals surface area contributed by atoms with E-state index in [1.165, 1.54) is 5.06 Å². The zero-order chi connectivity index (χ0) is 17.4. The molecule has 8 heteroatoms. The third-order valence-corrected chi connectivity index (χ3v) is 4.62. The van der Waals surface area contributed by atoms with Crippen molar-refractivity contribution in [2.24, 2.45) is 0 Å². The fourth-order valence-electron chi connectivity index (χ4n) is 3.33. The summed E-state index contributed by atoms with van der Waals surface area (Å²) in [6.45, 7) is 1.19. The van der Waals surface area contributed by atoms with Crippen LogP contribution < -0.4 is 0 Å². The van der Waals surface area contributed by atoms with Crippen LogP contribution in [0.3, 0.4) is 0 Å². The zero-order valence-electron chi connectivity index (χ0n) is 13.7. The lowest BCUT2D eigenvalue weighted by molar-refractivity contribution is -0.141. The molecule has 2 N–H and O–H groups in total. The van der Waals surface area contributed by atoms with Gasteiger partial charge in [0.25, 0.3) is 0 Å². The third kappa shape index (κ3) is 2.88. The molecular weight excluding hydrogens is 324 g/mol. The molecule has 2 unspecified atom stereocenters. The topological polar surface area (TPSA) is 91.1 Å². The van der Waals surface area contributed by atoms with Gasteiger partial charge in [-0.3, -0.25) is 9.52 Å². The Hall–Kier alpha value is -2.42. The molecule has 1 aromatic carbocycles. The van der Waals surface area contributed by atoms with Gasteiger partial charge in [-0.15, -0.1) is 0 Å². The Bertz CT molecular complexity index is 763. The summed E-state index contributed by atoms with van der Waals surface area (Å²) in [5.41, 5.74) is 2.80. The molecule has 1 saturated heterocycles. The first-order valence-electron chi connectivity index (χ1n) is 8.26. The molecule has 3 heterocycles. The molecule has 2 aromatic rings. The van der Waals surface area contributed by atoms with Gasteiger partial charge in [0.2, 0.25) is 0 Å². The Kier molecular flexibility index (Phi) is 4.16. The molecule has 4 rings (SSSR count). The van der Waals surface area contributed by atoms with Crippen molar-refractivity contribution in [1.29, 1.82) is 0 Å². The molecule has 132 valence electrons. The van der Waals surface area contributed by atoms with Crippen molar-refractivity contribution in [2.45, 2.75) is 31.8 Å². The summed E-state index contributed by atoms with van der Waals surface area (Å²) in [6.07, 6.45) is 0.846. The Balaban J connectivity index is 1.53. The maximum atomic E-state index is 12.6. The maximum absolute atomic E-state index is 12.6. The number of nitrogens with zero attached hydrogens (tertiary/aromatic N) is 4. The minimum Gasteiger partial charge on any atom is -0.394 e. The van der Waals surface area contributed by atoms with Crippen LogP contribution in [0, 0.1) is 0 Å². The first-order valence-corrected chi connectivity index (χ1v) is 8.26. The van der Waals surface area contributed by atoms with Crippen molar-refractivity contribution >= 4 is 6.03 Å². The van der Waals surface area contributed by atoms with Crippen molar-refractivity contribution in [2.75, 3.05) is 13.2 Å². The average Bonchev–Trinajstić information content (AvgIpc) is 3.15. The Morgan fingerprint density at radius 2 is 2.12 bits per heavy atom. The highest BCUT2D eigenvalue weighted by Gasteiger charge is 2.45. The summed E-state index contributed by atoms with van der Waals surface area (Å²) in [4.78, 5) is 20.1. The quantitative estimate of drug-likeness (QED) is 0.803. The fraction of sp³-hybridized carbons (Fsp3) is 0.412. The molecule has 0 aliphatic carbocycles. The van der Waals surface area contributed by atoms with E-state index in [-0.39, 0.29) is 25.2 Å². The summed E-state index contributed by atoms with van der Waals surface area (Å²) >= 11 is 0. The molecule has 2 atom stereocenters. The van der Waals surface area contributed by atoms with E-state index in [0.717, 1.165) is 16.8 Å². The predicted molar refractivity (Wildman–Crippen MR) is 86.9 cm³/mol. The molecule has 0 radical (unpaired) electrons. The lowest BCUT2D eigenvalue weighted by Gasteiger charge is -2.23. The van der Waals surface area contributed by atoms with Crippen molar-refractivity contribution < 1.29 is 19.8 Å². The Labute approximate surface area is 144 Å². The second-order valence-corrected chi connectivity index (χ2v) is 6.33. The van der Waals surface area contributed by atoms with Gasteiger partial charge in [0, 0.05) is 5.56 Å². The second-order valence-electron chi connectivity index (χ2n) is 6.33. The largest absolute Gasteiger partial charge is 0.394 e. The van der Waals surface area contributed by atoms with Crippen LogP contribution in [0.1, 0.15) is 22.9 Å². The Morgan fingerprint density at radius 3 is 2.88 bits per heavy atom. The first kappa shape index (κ1) is 16.1. The standard InChI is InChI=1S/C17H20N4O4/c22-10-13(23)7-20-15-8-19-9-16(14(15)6-18-20)21(17(19)24)25-11-12-4-2-1-3-5-12/h1-6,13,16,22-23H,7-11H2. The molecule has 0 saturated carbocycles. The van der Waals surface area contributed by atoms with Gasteiger partial charge >= 0.3 is 6.03 Å². The summed E-state index contributed by atoms with van der Waals surface area (Å²) in [5, 5.41) is 24.4. The normalized spacial score (nSPS) is 20.1. The minimum atomic E-state index is -0.875. The molecular formula is C17H20N4O4. The number of amides is 2. The predicted octanol–water partition coefficient (Wildman–Crippen LogP) is 0.660. The van der Waals surface area contributed by atoms with E-state index in [0.29, 0.717) is 19.7 Å². The molecule has 1 fully saturated rings. The van der Waals surface area contributed by atoms with Gasteiger partial charge < -0.3 is 15.1 Å². The van der Waals surface area contributed by atoms with Crippen molar-refractivity contribution in [3.8, 4) is 0 Å². The van der Waals surface area contributed by atoms with Gasteiger partial charge in [0.1, 0.15) is 12.6 Å². The number of carbonyl (C=O) groups excluding carboxylic acids is 1. The number of urea groups is 1. The van der Waals surface area contributed by atoms with Crippen molar-refractivity contribution in [3.05, 3.63) is 53.3 Å². The number of carbonyl (C=O) groups is 1. The highest BCUT2D eigenvalue weighted by Crippen LogP contribution is 2.38. The number of rotatable bonds is 6. The maximum Gasteiger partial charge on any atom is 0.345 e. The number of hydrogen-bond donors (Lipinski definition) is 2. The summed E-state index contributed by atoms with van der Waals surface area (Å²) in [5.74, 6) is 0. The van der Waals surface area contributed by atoms with Crippen LogP contribution in [-0.4, -0.2) is 55.2 Å². The van der Waals surface area contributed by atoms with E-state index in [4.69, 9.17) is 9.94 Å². The van der Waals surface area contributed by atoms with E-state index in [1.54, 1.807) is 15.8 Å². The number of fused-ring (bicyclic) bond motifs is 4. The zero-order valence-corrected chi connectivity index (χ0v) is 13.7. The van der Waals surface area contributed by atoms with Crippen LogP contribution in [0.2, 0.25) is 0 Å². The van der Waals surface area contributed by atoms with Gasteiger partial charge in [0.15, 0.2) is 0 Å². The van der Waals surface area contributed by atoms with Gasteiger partial charge in [0.05, 0.1) is 44.2 Å². The first-order chi connectivity index (χ1) is 12.2. The molecule has 2 aliphatic heterocycles. The van der Waals surface area contributed by atoms with Crippen LogP contribution in [0.4, 0.5) is 4.79 Å². The van der Waals surface area contributed by atoms with E-state index in [1.807, 2.05) is 30.3 Å². The summed E-state index contributed by atoms with van der Waals surface area (Å²) < 4.78 is 1.66. The number of hydroxylamine groups is 2. The number of benzene rings is 1. The third-order valence-electron chi connectivity index (χ3n) is 4.62. The fourth-order valence-corrected chi connectivity index (χ4v) is 3.33. The van der Waals surface area contributed by atoms with Gasteiger partial charge in [-0.25, -0.2) is 4.79 Å². The molecule has 8 nitrogen and oxygen atoms in total. The highest BCUT2D eigenvalue weighted by atomic mass is 16.7. The lowest BCUT2D eigenvalue weighted by atomic mass is 10.0. The molecule has 25 heavy (non-hydrogen) atoms. The molecule has 2 amide bonds. The Morgan fingerprint density at radius 1 is 1.32 bits per heavy atom. The van der Waals surface area contributed by atoms with Crippen LogP contribution in [0.15, 0.2) is 36.5 Å². The summed E-state index contributed by atoms with van der Waals surface area (Å²) in [7, 11) is 0. The van der Waals surface area contributed by atoms with E-state index in [2.05, 4.69) is 5.10 Å². The van der Waals surface area contributed by atoms with E-state index in [9.17, 15) is 9.90 Å². The minimum absolute atomic E-state index is 0.161. The molecule has 2 aliphatic rings. The van der Waals surface area contributed by atoms with Gasteiger partial charge in [-0.2, -0.15) is 10.2 Å². The van der Waals surface area contributed by atoms with Gasteiger partial charge in [-0.1, -0.05) is 30.3 Å². The summed E-state index contributed by atoms with van der Waals surface area (Å²) in [6, 6.07) is 9.33. The number of aromatic nitrogens is 2. The average molecular weight is 344 g/mol. The molecule has 1 aromatic heterocycles. The molecule has 2 bridgehead atoms. The van der Waals surface area contributed by atoms with Crippen LogP contribution in [0.25, 0.3) is 0 Å². The monoisotopic (exact) mass is 344 g/mol. The number of aliphatic hydroxyl groups excluding tert-OH is 2. The number of hydrogen-bond acceptors (Lipinski definition) is 5. The van der Waals surface area contributed by atoms with Crippen LogP contribution >= 0.6 is 0 Å². The lowest BCUT2D eigenvalue weighted by Crippen LogP contribution is -2.31. The van der Waals surface area contributed by atoms with E-state index < -0.39 is 6.10 Å². The SMILES string of the molecule is O=C1N2Cc3c(cnn3CC(O)CO)C(C2)N1OCc1ccccc1. The molecule has 0 spiro atoms. The van der Waals surface area contributed by atoms with Crippen LogP contribution in [0.5, 0.6) is 0 Å².